The van der Waals surface area contributed by atoms with Gasteiger partial charge >= 0.3 is 0 Å². The van der Waals surface area contributed by atoms with E-state index in [4.69, 9.17) is 23.2 Å². The minimum absolute atomic E-state index is 0.163. The zero-order chi connectivity index (χ0) is 19.4. The molecule has 2 aromatic carbocycles. The van der Waals surface area contributed by atoms with Crippen molar-refractivity contribution >= 4 is 44.8 Å². The Labute approximate surface area is 169 Å². The quantitative estimate of drug-likeness (QED) is 0.761. The molecule has 0 spiro atoms. The first-order valence-corrected chi connectivity index (χ1v) is 11.1. The van der Waals surface area contributed by atoms with E-state index < -0.39 is 10.0 Å². The number of nitrogens with zero attached hydrogens (tertiary/aromatic N) is 1. The lowest BCUT2D eigenvalue weighted by atomic mass is 10.1. The van der Waals surface area contributed by atoms with Crippen molar-refractivity contribution in [1.29, 1.82) is 0 Å². The van der Waals surface area contributed by atoms with Gasteiger partial charge in [0.1, 0.15) is 0 Å². The molecule has 0 bridgehead atoms. The third-order valence-corrected chi connectivity index (χ3v) is 6.37. The lowest BCUT2D eigenvalue weighted by Gasteiger charge is -2.27. The molecule has 144 valence electrons. The van der Waals surface area contributed by atoms with E-state index in [9.17, 15) is 13.2 Å². The van der Waals surface area contributed by atoms with E-state index in [0.29, 0.717) is 24.2 Å². The summed E-state index contributed by atoms with van der Waals surface area (Å²) in [4.78, 5) is 14.6. The minimum atomic E-state index is -3.81. The fourth-order valence-electron chi connectivity index (χ4n) is 3.09. The standard InChI is InChI=1S/C19H20Cl2N2O3S/c20-16-8-6-9-17(21)15(16)13-27(25,26)22-18-10-3-2-7-14(18)19(24)23-11-4-1-5-12-23/h2-3,6-10,22H,1,4-5,11-13H2. The number of rotatable bonds is 5. The van der Waals surface area contributed by atoms with Crippen molar-refractivity contribution in [3.63, 3.8) is 0 Å². The molecular formula is C19H20Cl2N2O3S. The van der Waals surface area contributed by atoms with Crippen LogP contribution in [0.1, 0.15) is 35.2 Å². The van der Waals surface area contributed by atoms with Crippen LogP contribution in [0.4, 0.5) is 5.69 Å². The van der Waals surface area contributed by atoms with Crippen LogP contribution >= 0.6 is 23.2 Å². The number of piperidine rings is 1. The van der Waals surface area contributed by atoms with Crippen LogP contribution in [0.2, 0.25) is 10.0 Å². The molecule has 1 aliphatic rings. The zero-order valence-corrected chi connectivity index (χ0v) is 16.9. The van der Waals surface area contributed by atoms with Gasteiger partial charge in [0.25, 0.3) is 5.91 Å². The van der Waals surface area contributed by atoms with Gasteiger partial charge in [-0.3, -0.25) is 9.52 Å². The second-order valence-corrected chi connectivity index (χ2v) is 9.00. The molecule has 1 aliphatic heterocycles. The van der Waals surface area contributed by atoms with Gasteiger partial charge in [0.2, 0.25) is 10.0 Å². The molecule has 8 heteroatoms. The van der Waals surface area contributed by atoms with Crippen LogP contribution in [0.3, 0.4) is 0 Å². The number of halogens is 2. The number of hydrogen-bond acceptors (Lipinski definition) is 3. The van der Waals surface area contributed by atoms with Crippen LogP contribution in [0.25, 0.3) is 0 Å². The summed E-state index contributed by atoms with van der Waals surface area (Å²) in [6.45, 7) is 1.38. The first-order chi connectivity index (χ1) is 12.9. The highest BCUT2D eigenvalue weighted by molar-refractivity contribution is 7.91. The molecule has 1 fully saturated rings. The molecule has 0 saturated carbocycles. The summed E-state index contributed by atoms with van der Waals surface area (Å²) in [5, 5.41) is 0.566. The fourth-order valence-corrected chi connectivity index (χ4v) is 5.06. The number of carbonyl (C=O) groups is 1. The average molecular weight is 427 g/mol. The molecule has 0 atom stereocenters. The third kappa shape index (κ3) is 4.94. The summed E-state index contributed by atoms with van der Waals surface area (Å²) in [5.41, 5.74) is 0.928. The number of hydrogen-bond donors (Lipinski definition) is 1. The Morgan fingerprint density at radius 3 is 2.26 bits per heavy atom. The van der Waals surface area contributed by atoms with Gasteiger partial charge in [0, 0.05) is 28.7 Å². The van der Waals surface area contributed by atoms with Gasteiger partial charge in [-0.05, 0) is 43.5 Å². The summed E-state index contributed by atoms with van der Waals surface area (Å²) >= 11 is 12.2. The van der Waals surface area contributed by atoms with Gasteiger partial charge in [-0.25, -0.2) is 8.42 Å². The fraction of sp³-hybridized carbons (Fsp3) is 0.316. The SMILES string of the molecule is O=C(c1ccccc1NS(=O)(=O)Cc1c(Cl)cccc1Cl)N1CCCCC1. The van der Waals surface area contributed by atoms with E-state index in [0.717, 1.165) is 19.3 Å². The molecule has 0 unspecified atom stereocenters. The monoisotopic (exact) mass is 426 g/mol. The van der Waals surface area contributed by atoms with Crippen molar-refractivity contribution in [3.05, 3.63) is 63.6 Å². The number of carbonyl (C=O) groups excluding carboxylic acids is 1. The van der Waals surface area contributed by atoms with Crippen molar-refractivity contribution in [3.8, 4) is 0 Å². The van der Waals surface area contributed by atoms with Crippen LogP contribution in [-0.2, 0) is 15.8 Å². The molecule has 1 amide bonds. The number of sulfonamides is 1. The molecule has 3 rings (SSSR count). The van der Waals surface area contributed by atoms with Gasteiger partial charge in [-0.15, -0.1) is 0 Å². The van der Waals surface area contributed by atoms with Crippen LogP contribution in [-0.4, -0.2) is 32.3 Å². The van der Waals surface area contributed by atoms with Gasteiger partial charge in [-0.2, -0.15) is 0 Å². The Morgan fingerprint density at radius 1 is 0.963 bits per heavy atom. The van der Waals surface area contributed by atoms with E-state index in [1.54, 1.807) is 47.4 Å². The first kappa shape index (κ1) is 20.0. The lowest BCUT2D eigenvalue weighted by molar-refractivity contribution is 0.0725. The highest BCUT2D eigenvalue weighted by atomic mass is 35.5. The smallest absolute Gasteiger partial charge is 0.255 e. The summed E-state index contributed by atoms with van der Waals surface area (Å²) in [7, 11) is -3.81. The second kappa shape index (κ2) is 8.50. The maximum Gasteiger partial charge on any atom is 0.255 e. The minimum Gasteiger partial charge on any atom is -0.339 e. The van der Waals surface area contributed by atoms with E-state index in [-0.39, 0.29) is 27.4 Å². The van der Waals surface area contributed by atoms with E-state index >= 15 is 0 Å². The Morgan fingerprint density at radius 2 is 1.59 bits per heavy atom. The molecule has 1 saturated heterocycles. The number of benzene rings is 2. The topological polar surface area (TPSA) is 66.5 Å². The predicted octanol–water partition coefficient (Wildman–Crippen LogP) is 4.56. The Balaban J connectivity index is 1.84. The number of para-hydroxylation sites is 1. The molecular weight excluding hydrogens is 407 g/mol. The number of nitrogens with one attached hydrogen (secondary N) is 1. The molecule has 27 heavy (non-hydrogen) atoms. The number of likely N-dealkylation sites (tertiary alicyclic amines) is 1. The van der Waals surface area contributed by atoms with Gasteiger partial charge in [0.15, 0.2) is 0 Å². The van der Waals surface area contributed by atoms with Crippen molar-refractivity contribution in [2.24, 2.45) is 0 Å². The normalized spacial score (nSPS) is 14.8. The van der Waals surface area contributed by atoms with E-state index in [1.807, 2.05) is 0 Å². The Bertz CT molecular complexity index is 921. The Kier molecular flexibility index (Phi) is 6.29. The van der Waals surface area contributed by atoms with Crippen LogP contribution in [0.5, 0.6) is 0 Å². The summed E-state index contributed by atoms with van der Waals surface area (Å²) in [6.07, 6.45) is 3.03. The van der Waals surface area contributed by atoms with Crippen molar-refractivity contribution in [2.75, 3.05) is 17.8 Å². The predicted molar refractivity (Wildman–Crippen MR) is 109 cm³/mol. The van der Waals surface area contributed by atoms with Crippen molar-refractivity contribution in [2.45, 2.75) is 25.0 Å². The molecule has 1 N–H and O–H groups in total. The molecule has 0 aromatic heterocycles. The van der Waals surface area contributed by atoms with E-state index in [1.165, 1.54) is 0 Å². The maximum absolute atomic E-state index is 12.8. The molecule has 0 aliphatic carbocycles. The highest BCUT2D eigenvalue weighted by Crippen LogP contribution is 2.28. The van der Waals surface area contributed by atoms with Gasteiger partial charge in [-0.1, -0.05) is 41.4 Å². The van der Waals surface area contributed by atoms with Crippen LogP contribution in [0.15, 0.2) is 42.5 Å². The second-order valence-electron chi connectivity index (χ2n) is 6.46. The number of anilines is 1. The largest absolute Gasteiger partial charge is 0.339 e. The average Bonchev–Trinajstić information content (AvgIpc) is 2.65. The Hall–Kier alpha value is -1.76. The first-order valence-electron chi connectivity index (χ1n) is 8.69. The zero-order valence-electron chi connectivity index (χ0n) is 14.6. The van der Waals surface area contributed by atoms with Crippen molar-refractivity contribution in [1.82, 2.24) is 4.90 Å². The van der Waals surface area contributed by atoms with E-state index in [2.05, 4.69) is 4.72 Å². The summed E-state index contributed by atoms with van der Waals surface area (Å²) in [5.74, 6) is -0.540. The highest BCUT2D eigenvalue weighted by Gasteiger charge is 2.23. The molecule has 1 heterocycles. The van der Waals surface area contributed by atoms with Gasteiger partial charge < -0.3 is 4.90 Å². The maximum atomic E-state index is 12.8. The summed E-state index contributed by atoms with van der Waals surface area (Å²) in [6, 6.07) is 11.5. The lowest BCUT2D eigenvalue weighted by Crippen LogP contribution is -2.36. The number of amides is 1. The van der Waals surface area contributed by atoms with Crippen LogP contribution in [0, 0.1) is 0 Å². The van der Waals surface area contributed by atoms with Gasteiger partial charge in [0.05, 0.1) is 17.0 Å². The molecule has 2 aromatic rings. The van der Waals surface area contributed by atoms with Crippen molar-refractivity contribution < 1.29 is 13.2 Å². The third-order valence-electron chi connectivity index (χ3n) is 4.46. The summed E-state index contributed by atoms with van der Waals surface area (Å²) < 4.78 is 27.9. The molecule has 5 nitrogen and oxygen atoms in total. The molecule has 0 radical (unpaired) electrons. The van der Waals surface area contributed by atoms with Crippen LogP contribution < -0.4 is 4.72 Å².